The number of carbonyl (C=O) groups is 4. The van der Waals surface area contributed by atoms with E-state index in [2.05, 4.69) is 16.0 Å². The maximum Gasteiger partial charge on any atom is 0.408 e. The molecule has 9 nitrogen and oxygen atoms in total. The van der Waals surface area contributed by atoms with Gasteiger partial charge >= 0.3 is 12.1 Å². The van der Waals surface area contributed by atoms with E-state index in [1.54, 1.807) is 34.6 Å². The van der Waals surface area contributed by atoms with Crippen LogP contribution in [-0.4, -0.2) is 53.2 Å². The summed E-state index contributed by atoms with van der Waals surface area (Å²) in [6.07, 6.45) is 2.73. The fourth-order valence-electron chi connectivity index (χ4n) is 3.93. The molecule has 0 aliphatic heterocycles. The highest BCUT2D eigenvalue weighted by molar-refractivity contribution is 5.86. The first-order chi connectivity index (χ1) is 15.2. The fourth-order valence-corrected chi connectivity index (χ4v) is 3.93. The first-order valence-electron chi connectivity index (χ1n) is 12.0. The van der Waals surface area contributed by atoms with Crippen LogP contribution in [0, 0.1) is 23.7 Å². The molecule has 2 atom stereocenters. The van der Waals surface area contributed by atoms with Gasteiger partial charge in [0.15, 0.2) is 0 Å². The largest absolute Gasteiger partial charge is 0.480 e. The molecule has 0 spiro atoms. The van der Waals surface area contributed by atoms with Crippen LogP contribution < -0.4 is 16.0 Å². The molecule has 0 aromatic rings. The number of hydrogen-bond acceptors (Lipinski definition) is 5. The van der Waals surface area contributed by atoms with E-state index in [1.807, 2.05) is 13.8 Å². The van der Waals surface area contributed by atoms with E-state index in [9.17, 15) is 24.3 Å². The molecule has 1 saturated carbocycles. The number of carbonyl (C=O) groups excluding carboxylic acids is 3. The lowest BCUT2D eigenvalue weighted by Gasteiger charge is -2.30. The number of ether oxygens (including phenoxy) is 1. The van der Waals surface area contributed by atoms with E-state index in [0.717, 1.165) is 12.8 Å². The molecule has 0 unspecified atom stereocenters. The number of alkyl carbamates (subject to hydrolysis) is 1. The molecule has 3 amide bonds. The predicted molar refractivity (Wildman–Crippen MR) is 125 cm³/mol. The normalized spacial score (nSPS) is 20.6. The molecule has 190 valence electrons. The van der Waals surface area contributed by atoms with Gasteiger partial charge in [0.05, 0.1) is 0 Å². The standard InChI is InChI=1S/C24H43N3O6/c1-14(2)12-18(26-23(32)33-24(5,6)7)21(29)25-13-16-8-10-17(11-9-16)20(28)27-19(15(3)4)22(30)31/h14-19H,8-13H2,1-7H3,(H,25,29)(H,26,32)(H,27,28)(H,30,31)/t16?,17?,18-,19-/m0/s1. The molecule has 1 fully saturated rings. The fraction of sp³-hybridized carbons (Fsp3) is 0.833. The van der Waals surface area contributed by atoms with Crippen LogP contribution in [0.25, 0.3) is 0 Å². The Hall–Kier alpha value is -2.32. The maximum atomic E-state index is 12.7. The molecule has 0 aromatic heterocycles. The van der Waals surface area contributed by atoms with Crippen molar-refractivity contribution in [2.75, 3.05) is 6.54 Å². The van der Waals surface area contributed by atoms with Crippen molar-refractivity contribution in [2.24, 2.45) is 23.7 Å². The molecule has 0 aromatic carbocycles. The highest BCUT2D eigenvalue weighted by Gasteiger charge is 2.31. The molecule has 33 heavy (non-hydrogen) atoms. The Kier molecular flexibility index (Phi) is 11.1. The van der Waals surface area contributed by atoms with Crippen LogP contribution in [0.1, 0.15) is 80.6 Å². The van der Waals surface area contributed by atoms with Gasteiger partial charge in [-0.25, -0.2) is 9.59 Å². The van der Waals surface area contributed by atoms with E-state index in [-0.39, 0.29) is 35.5 Å². The monoisotopic (exact) mass is 469 g/mol. The summed E-state index contributed by atoms with van der Waals surface area (Å²) >= 11 is 0. The molecular formula is C24H43N3O6. The van der Waals surface area contributed by atoms with Crippen molar-refractivity contribution in [2.45, 2.75) is 98.3 Å². The minimum Gasteiger partial charge on any atom is -0.480 e. The smallest absolute Gasteiger partial charge is 0.408 e. The van der Waals surface area contributed by atoms with Gasteiger partial charge in [0.25, 0.3) is 0 Å². The Bertz CT molecular complexity index is 678. The van der Waals surface area contributed by atoms with Crippen molar-refractivity contribution < 1.29 is 29.0 Å². The Labute approximate surface area is 197 Å². The zero-order valence-corrected chi connectivity index (χ0v) is 21.2. The Balaban J connectivity index is 2.53. The highest BCUT2D eigenvalue weighted by Crippen LogP contribution is 2.29. The lowest BCUT2D eigenvalue weighted by Crippen LogP contribution is -2.50. The minimum atomic E-state index is -1.02. The topological polar surface area (TPSA) is 134 Å². The van der Waals surface area contributed by atoms with Crippen LogP contribution in [0.15, 0.2) is 0 Å². The summed E-state index contributed by atoms with van der Waals surface area (Å²) in [6.45, 7) is 13.3. The summed E-state index contributed by atoms with van der Waals surface area (Å²) in [7, 11) is 0. The number of hydrogen-bond donors (Lipinski definition) is 4. The maximum absolute atomic E-state index is 12.7. The number of carboxylic acids is 1. The molecule has 1 aliphatic carbocycles. The molecular weight excluding hydrogens is 426 g/mol. The van der Waals surface area contributed by atoms with Crippen LogP contribution in [0.2, 0.25) is 0 Å². The van der Waals surface area contributed by atoms with E-state index < -0.39 is 29.7 Å². The van der Waals surface area contributed by atoms with Gasteiger partial charge in [0, 0.05) is 12.5 Å². The van der Waals surface area contributed by atoms with Gasteiger partial charge in [-0.15, -0.1) is 0 Å². The van der Waals surface area contributed by atoms with Crippen molar-refractivity contribution in [1.82, 2.24) is 16.0 Å². The van der Waals surface area contributed by atoms with E-state index >= 15 is 0 Å². The van der Waals surface area contributed by atoms with Gasteiger partial charge in [-0.1, -0.05) is 27.7 Å². The van der Waals surface area contributed by atoms with Crippen molar-refractivity contribution in [3.05, 3.63) is 0 Å². The van der Waals surface area contributed by atoms with Crippen LogP contribution in [0.3, 0.4) is 0 Å². The van der Waals surface area contributed by atoms with Gasteiger partial charge in [0.2, 0.25) is 11.8 Å². The number of carboxylic acid groups (broad SMARTS) is 1. The van der Waals surface area contributed by atoms with Crippen LogP contribution in [0.4, 0.5) is 4.79 Å². The molecule has 4 N–H and O–H groups in total. The Morgan fingerprint density at radius 1 is 0.970 bits per heavy atom. The quantitative estimate of drug-likeness (QED) is 0.388. The third-order valence-electron chi connectivity index (χ3n) is 5.73. The van der Waals surface area contributed by atoms with Crippen molar-refractivity contribution >= 4 is 23.9 Å². The summed E-state index contributed by atoms with van der Waals surface area (Å²) in [6, 6.07) is -1.56. The third-order valence-corrected chi connectivity index (χ3v) is 5.73. The summed E-state index contributed by atoms with van der Waals surface area (Å²) in [5.41, 5.74) is -0.645. The van der Waals surface area contributed by atoms with Crippen molar-refractivity contribution in [3.8, 4) is 0 Å². The van der Waals surface area contributed by atoms with Crippen molar-refractivity contribution in [1.29, 1.82) is 0 Å². The first-order valence-corrected chi connectivity index (χ1v) is 12.0. The zero-order chi connectivity index (χ0) is 25.3. The number of nitrogens with one attached hydrogen (secondary N) is 3. The molecule has 1 aliphatic rings. The molecule has 0 saturated heterocycles. The van der Waals surface area contributed by atoms with Gasteiger partial charge in [0.1, 0.15) is 17.7 Å². The van der Waals surface area contributed by atoms with Gasteiger partial charge in [-0.3, -0.25) is 9.59 Å². The second kappa shape index (κ2) is 12.8. The average molecular weight is 470 g/mol. The zero-order valence-electron chi connectivity index (χ0n) is 21.2. The lowest BCUT2D eigenvalue weighted by atomic mass is 9.81. The van der Waals surface area contributed by atoms with Gasteiger partial charge in [-0.2, -0.15) is 0 Å². The Morgan fingerprint density at radius 3 is 2.00 bits per heavy atom. The van der Waals surface area contributed by atoms with Crippen LogP contribution >= 0.6 is 0 Å². The molecule has 9 heteroatoms. The second-order valence-electron chi connectivity index (χ2n) is 10.9. The van der Waals surface area contributed by atoms with Gasteiger partial charge in [-0.05, 0) is 70.6 Å². The second-order valence-corrected chi connectivity index (χ2v) is 10.9. The van der Waals surface area contributed by atoms with Gasteiger partial charge < -0.3 is 25.8 Å². The lowest BCUT2D eigenvalue weighted by molar-refractivity contribution is -0.144. The number of aliphatic carboxylic acids is 1. The summed E-state index contributed by atoms with van der Waals surface area (Å²) < 4.78 is 5.28. The van der Waals surface area contributed by atoms with E-state index in [0.29, 0.717) is 25.8 Å². The SMILES string of the molecule is CC(C)C[C@H](NC(=O)OC(C)(C)C)C(=O)NCC1CCC(C(=O)N[C@H](C(=O)O)C(C)C)CC1. The van der Waals surface area contributed by atoms with E-state index in [1.165, 1.54) is 0 Å². The van der Waals surface area contributed by atoms with E-state index in [4.69, 9.17) is 4.74 Å². The highest BCUT2D eigenvalue weighted by atomic mass is 16.6. The summed E-state index contributed by atoms with van der Waals surface area (Å²) in [4.78, 5) is 48.7. The summed E-state index contributed by atoms with van der Waals surface area (Å²) in [5, 5.41) is 17.6. The molecule has 0 radical (unpaired) electrons. The Morgan fingerprint density at radius 2 is 1.55 bits per heavy atom. The number of amides is 3. The molecule has 1 rings (SSSR count). The number of rotatable bonds is 10. The first kappa shape index (κ1) is 28.7. The minimum absolute atomic E-state index is 0.189. The summed E-state index contributed by atoms with van der Waals surface area (Å²) in [5.74, 6) is -1.42. The average Bonchev–Trinajstić information content (AvgIpc) is 2.67. The van der Waals surface area contributed by atoms with Crippen LogP contribution in [-0.2, 0) is 19.1 Å². The predicted octanol–water partition coefficient (Wildman–Crippen LogP) is 3.07. The third kappa shape index (κ3) is 10.9. The molecule has 0 bridgehead atoms. The van der Waals surface area contributed by atoms with Crippen molar-refractivity contribution in [3.63, 3.8) is 0 Å². The van der Waals surface area contributed by atoms with Crippen LogP contribution in [0.5, 0.6) is 0 Å². The molecule has 0 heterocycles.